The fourth-order valence-electron chi connectivity index (χ4n) is 4.10. The number of aryl methyl sites for hydroxylation is 1. The molecule has 34 heavy (non-hydrogen) atoms. The van der Waals surface area contributed by atoms with Crippen LogP contribution in [0.4, 0.5) is 5.69 Å². The van der Waals surface area contributed by atoms with Crippen LogP contribution in [0.15, 0.2) is 66.1 Å². The molecule has 3 heterocycles. The first-order chi connectivity index (χ1) is 16.7. The Bertz CT molecular complexity index is 1280. The van der Waals surface area contributed by atoms with Crippen LogP contribution >= 0.6 is 11.8 Å². The van der Waals surface area contributed by atoms with Gasteiger partial charge in [0.05, 0.1) is 12.9 Å². The summed E-state index contributed by atoms with van der Waals surface area (Å²) < 4.78 is 9.39. The monoisotopic (exact) mass is 474 g/mol. The second-order valence-electron chi connectivity index (χ2n) is 8.10. The van der Waals surface area contributed by atoms with E-state index in [9.17, 15) is 4.79 Å². The van der Waals surface area contributed by atoms with Gasteiger partial charge in [0, 0.05) is 42.3 Å². The van der Waals surface area contributed by atoms with E-state index in [0.717, 1.165) is 65.3 Å². The maximum atomic E-state index is 12.7. The zero-order valence-corrected chi connectivity index (χ0v) is 19.8. The van der Waals surface area contributed by atoms with Crippen LogP contribution in [-0.2, 0) is 17.8 Å². The summed E-state index contributed by atoms with van der Waals surface area (Å²) in [6.45, 7) is 0.936. The zero-order valence-electron chi connectivity index (χ0n) is 19.0. The lowest BCUT2D eigenvalue weighted by Crippen LogP contribution is -2.14. The predicted molar refractivity (Wildman–Crippen MR) is 132 cm³/mol. The van der Waals surface area contributed by atoms with Gasteiger partial charge in [-0.05, 0) is 49.2 Å². The van der Waals surface area contributed by atoms with Crippen molar-refractivity contribution < 1.29 is 9.53 Å². The van der Waals surface area contributed by atoms with Gasteiger partial charge in [-0.25, -0.2) is 4.98 Å². The summed E-state index contributed by atoms with van der Waals surface area (Å²) in [5.41, 5.74) is 2.66. The number of hydrogen-bond acceptors (Lipinski definition) is 6. The molecule has 0 saturated heterocycles. The summed E-state index contributed by atoms with van der Waals surface area (Å²) in [5, 5.41) is 12.6. The molecule has 1 aliphatic rings. The lowest BCUT2D eigenvalue weighted by molar-refractivity contribution is -0.113. The van der Waals surface area contributed by atoms with Gasteiger partial charge in [-0.1, -0.05) is 30.3 Å². The Kier molecular flexibility index (Phi) is 6.62. The highest BCUT2D eigenvalue weighted by Crippen LogP contribution is 2.26. The molecule has 0 bridgehead atoms. The number of rotatable bonds is 7. The minimum atomic E-state index is -0.0912. The molecule has 0 saturated carbocycles. The standard InChI is InChI=1S/C25H26N6O2S/c1-33-21-11-9-20(10-12-21)30-15-13-26-25(30)34-17-23(32)27-19-7-5-6-18(16-19)24-29-28-22-8-3-2-4-14-31(22)24/h5-7,9-13,15-16H,2-4,8,14,17H2,1H3,(H,27,32). The van der Waals surface area contributed by atoms with Gasteiger partial charge in [0.2, 0.25) is 5.91 Å². The molecule has 4 aromatic rings. The van der Waals surface area contributed by atoms with Crippen molar-refractivity contribution in [2.45, 2.75) is 37.4 Å². The number of amides is 1. The number of imidazole rings is 1. The van der Waals surface area contributed by atoms with Crippen LogP contribution in [0.25, 0.3) is 17.1 Å². The molecule has 9 heteroatoms. The summed E-state index contributed by atoms with van der Waals surface area (Å²) in [5.74, 6) is 2.86. The molecule has 5 rings (SSSR count). The Hall–Kier alpha value is -3.59. The minimum absolute atomic E-state index is 0.0912. The average molecular weight is 475 g/mol. The molecule has 0 fully saturated rings. The van der Waals surface area contributed by atoms with Gasteiger partial charge >= 0.3 is 0 Å². The number of fused-ring (bicyclic) bond motifs is 1. The molecular formula is C25H26N6O2S. The van der Waals surface area contributed by atoms with Crippen LogP contribution in [0.5, 0.6) is 5.75 Å². The van der Waals surface area contributed by atoms with Crippen LogP contribution in [0.2, 0.25) is 0 Å². The third-order valence-electron chi connectivity index (χ3n) is 5.80. The zero-order chi connectivity index (χ0) is 23.3. The smallest absolute Gasteiger partial charge is 0.234 e. The normalized spacial score (nSPS) is 13.2. The van der Waals surface area contributed by atoms with Crippen molar-refractivity contribution in [3.05, 3.63) is 66.7 Å². The van der Waals surface area contributed by atoms with E-state index in [1.165, 1.54) is 18.2 Å². The molecule has 0 spiro atoms. The largest absolute Gasteiger partial charge is 0.497 e. The first-order valence-electron chi connectivity index (χ1n) is 11.3. The van der Waals surface area contributed by atoms with E-state index in [2.05, 4.69) is 25.1 Å². The van der Waals surface area contributed by atoms with Crippen molar-refractivity contribution >= 4 is 23.4 Å². The number of ether oxygens (including phenoxy) is 1. The van der Waals surface area contributed by atoms with Gasteiger partial charge in [-0.3, -0.25) is 9.36 Å². The van der Waals surface area contributed by atoms with Crippen LogP contribution in [-0.4, -0.2) is 43.1 Å². The summed E-state index contributed by atoms with van der Waals surface area (Å²) >= 11 is 1.39. The Labute approximate surface area is 202 Å². The maximum Gasteiger partial charge on any atom is 0.234 e. The number of carbonyl (C=O) groups is 1. The highest BCUT2D eigenvalue weighted by molar-refractivity contribution is 7.99. The number of methoxy groups -OCH3 is 1. The molecule has 1 amide bonds. The number of aromatic nitrogens is 5. The quantitative estimate of drug-likeness (QED) is 0.394. The third-order valence-corrected chi connectivity index (χ3v) is 6.77. The number of nitrogens with zero attached hydrogens (tertiary/aromatic N) is 5. The molecule has 1 N–H and O–H groups in total. The van der Waals surface area contributed by atoms with E-state index in [-0.39, 0.29) is 11.7 Å². The number of benzene rings is 2. The van der Waals surface area contributed by atoms with E-state index in [1.807, 2.05) is 59.3 Å². The van der Waals surface area contributed by atoms with E-state index in [4.69, 9.17) is 4.74 Å². The van der Waals surface area contributed by atoms with Crippen LogP contribution < -0.4 is 10.1 Å². The lowest BCUT2D eigenvalue weighted by atomic mass is 10.2. The molecule has 0 unspecified atom stereocenters. The van der Waals surface area contributed by atoms with Gasteiger partial charge in [0.25, 0.3) is 0 Å². The average Bonchev–Trinajstić information content (AvgIpc) is 3.44. The van der Waals surface area contributed by atoms with Crippen LogP contribution in [0.3, 0.4) is 0 Å². The number of hydrogen-bond donors (Lipinski definition) is 1. The van der Waals surface area contributed by atoms with Crippen molar-refractivity contribution in [2.75, 3.05) is 18.2 Å². The fraction of sp³-hybridized carbons (Fsp3) is 0.280. The summed E-state index contributed by atoms with van der Waals surface area (Å²) in [7, 11) is 1.64. The highest BCUT2D eigenvalue weighted by atomic mass is 32.2. The second-order valence-corrected chi connectivity index (χ2v) is 9.04. The molecule has 0 radical (unpaired) electrons. The van der Waals surface area contributed by atoms with E-state index >= 15 is 0 Å². The summed E-state index contributed by atoms with van der Waals surface area (Å²) in [4.78, 5) is 17.1. The molecule has 2 aromatic heterocycles. The van der Waals surface area contributed by atoms with E-state index in [1.54, 1.807) is 13.3 Å². The van der Waals surface area contributed by atoms with Crippen LogP contribution in [0.1, 0.15) is 25.1 Å². The predicted octanol–water partition coefficient (Wildman–Crippen LogP) is 4.60. The van der Waals surface area contributed by atoms with Crippen molar-refractivity contribution in [2.24, 2.45) is 0 Å². The number of nitrogens with one attached hydrogen (secondary N) is 1. The highest BCUT2D eigenvalue weighted by Gasteiger charge is 2.16. The van der Waals surface area contributed by atoms with Crippen molar-refractivity contribution in [1.82, 2.24) is 24.3 Å². The Morgan fingerprint density at radius 3 is 2.85 bits per heavy atom. The number of thioether (sulfide) groups is 1. The number of anilines is 1. The molecule has 174 valence electrons. The molecule has 1 aliphatic heterocycles. The lowest BCUT2D eigenvalue weighted by Gasteiger charge is -2.10. The Balaban J connectivity index is 1.24. The topological polar surface area (TPSA) is 86.9 Å². The number of carbonyl (C=O) groups excluding carboxylic acids is 1. The molecule has 0 aliphatic carbocycles. The maximum absolute atomic E-state index is 12.7. The second kappa shape index (κ2) is 10.1. The van der Waals surface area contributed by atoms with Gasteiger partial charge in [0.15, 0.2) is 11.0 Å². The first kappa shape index (κ1) is 22.2. The van der Waals surface area contributed by atoms with Crippen molar-refractivity contribution in [1.29, 1.82) is 0 Å². The Morgan fingerprint density at radius 1 is 1.12 bits per heavy atom. The molecule has 8 nitrogen and oxygen atoms in total. The van der Waals surface area contributed by atoms with Crippen molar-refractivity contribution in [3.63, 3.8) is 0 Å². The van der Waals surface area contributed by atoms with Gasteiger partial charge in [-0.15, -0.1) is 10.2 Å². The van der Waals surface area contributed by atoms with Crippen molar-refractivity contribution in [3.8, 4) is 22.8 Å². The Morgan fingerprint density at radius 2 is 2.00 bits per heavy atom. The first-order valence-corrected chi connectivity index (χ1v) is 12.3. The summed E-state index contributed by atoms with van der Waals surface area (Å²) in [6, 6.07) is 15.5. The minimum Gasteiger partial charge on any atom is -0.497 e. The molecular weight excluding hydrogens is 448 g/mol. The van der Waals surface area contributed by atoms with E-state index < -0.39 is 0 Å². The van der Waals surface area contributed by atoms with Crippen LogP contribution in [0, 0.1) is 0 Å². The van der Waals surface area contributed by atoms with E-state index in [0.29, 0.717) is 0 Å². The van der Waals surface area contributed by atoms with Gasteiger partial charge in [0.1, 0.15) is 11.6 Å². The van der Waals surface area contributed by atoms with Gasteiger partial charge < -0.3 is 14.6 Å². The summed E-state index contributed by atoms with van der Waals surface area (Å²) in [6.07, 6.45) is 8.09. The van der Waals surface area contributed by atoms with Gasteiger partial charge in [-0.2, -0.15) is 0 Å². The molecule has 0 atom stereocenters. The third kappa shape index (κ3) is 4.84. The fourth-order valence-corrected chi connectivity index (χ4v) is 4.87. The molecule has 2 aromatic carbocycles. The SMILES string of the molecule is COc1ccc(-n2ccnc2SCC(=O)Nc2cccc(-c3nnc4n3CCCCC4)c2)cc1.